The van der Waals surface area contributed by atoms with Crippen molar-refractivity contribution in [2.45, 2.75) is 32.4 Å². The van der Waals surface area contributed by atoms with Gasteiger partial charge in [0.05, 0.1) is 5.52 Å². The highest BCUT2D eigenvalue weighted by Crippen LogP contribution is 2.29. The van der Waals surface area contributed by atoms with Gasteiger partial charge in [0.25, 0.3) is 0 Å². The molecule has 0 bridgehead atoms. The number of hydrogen-bond donors (Lipinski definition) is 0. The highest BCUT2D eigenvalue weighted by Gasteiger charge is 2.35. The SMILES string of the molecule is CCC(CC)(n1nc2ccccc2n1)n1nnc2ccccc21. The Labute approximate surface area is 133 Å². The monoisotopic (exact) mass is 306 g/mol. The average Bonchev–Trinajstić information content (AvgIpc) is 3.22. The van der Waals surface area contributed by atoms with Gasteiger partial charge in [-0.3, -0.25) is 0 Å². The first-order chi connectivity index (χ1) is 11.3. The Morgan fingerprint density at radius 2 is 1.39 bits per heavy atom. The van der Waals surface area contributed by atoms with Gasteiger partial charge in [0.15, 0.2) is 5.66 Å². The molecule has 2 aromatic heterocycles. The Hall–Kier alpha value is -2.76. The second-order valence-electron chi connectivity index (χ2n) is 5.66. The topological polar surface area (TPSA) is 61.4 Å². The van der Waals surface area contributed by atoms with Gasteiger partial charge in [-0.05, 0) is 37.1 Å². The lowest BCUT2D eigenvalue weighted by Gasteiger charge is -2.31. The van der Waals surface area contributed by atoms with Crippen LogP contribution in [0.15, 0.2) is 48.5 Å². The van der Waals surface area contributed by atoms with E-state index in [1.54, 1.807) is 4.80 Å². The molecule has 0 atom stereocenters. The number of rotatable bonds is 4. The third-order valence-corrected chi connectivity index (χ3v) is 4.54. The van der Waals surface area contributed by atoms with Gasteiger partial charge < -0.3 is 0 Å². The van der Waals surface area contributed by atoms with Crippen molar-refractivity contribution in [3.63, 3.8) is 0 Å². The summed E-state index contributed by atoms with van der Waals surface area (Å²) in [5, 5.41) is 18.1. The molecule has 4 aromatic rings. The Morgan fingerprint density at radius 3 is 2.00 bits per heavy atom. The molecule has 116 valence electrons. The fraction of sp³-hybridized carbons (Fsp3) is 0.294. The van der Waals surface area contributed by atoms with Crippen molar-refractivity contribution in [2.24, 2.45) is 0 Å². The molecule has 0 radical (unpaired) electrons. The molecule has 23 heavy (non-hydrogen) atoms. The highest BCUT2D eigenvalue weighted by molar-refractivity contribution is 5.75. The molecule has 0 saturated heterocycles. The summed E-state index contributed by atoms with van der Waals surface area (Å²) in [6, 6.07) is 15.9. The zero-order valence-electron chi connectivity index (χ0n) is 13.2. The molecule has 2 heterocycles. The number of fused-ring (bicyclic) bond motifs is 2. The normalized spacial score (nSPS) is 12.3. The minimum Gasteiger partial charge on any atom is -0.215 e. The van der Waals surface area contributed by atoms with Gasteiger partial charge in [-0.25, -0.2) is 4.68 Å². The fourth-order valence-electron chi connectivity index (χ4n) is 3.14. The molecule has 0 unspecified atom stereocenters. The van der Waals surface area contributed by atoms with Crippen LogP contribution in [-0.2, 0) is 5.66 Å². The van der Waals surface area contributed by atoms with E-state index in [0.29, 0.717) is 0 Å². The fourth-order valence-corrected chi connectivity index (χ4v) is 3.14. The van der Waals surface area contributed by atoms with Crippen LogP contribution < -0.4 is 0 Å². The Morgan fingerprint density at radius 1 is 0.826 bits per heavy atom. The van der Waals surface area contributed by atoms with E-state index in [-0.39, 0.29) is 0 Å². The number of aromatic nitrogens is 6. The van der Waals surface area contributed by atoms with Crippen LogP contribution in [0.25, 0.3) is 22.1 Å². The summed E-state index contributed by atoms with van der Waals surface area (Å²) < 4.78 is 1.96. The lowest BCUT2D eigenvalue weighted by Crippen LogP contribution is -2.42. The summed E-state index contributed by atoms with van der Waals surface area (Å²) in [7, 11) is 0. The number of para-hydroxylation sites is 1. The van der Waals surface area contributed by atoms with Crippen molar-refractivity contribution >= 4 is 22.1 Å². The predicted octanol–water partition coefficient (Wildman–Crippen LogP) is 3.20. The first-order valence-electron chi connectivity index (χ1n) is 7.92. The summed E-state index contributed by atoms with van der Waals surface area (Å²) >= 11 is 0. The first-order valence-corrected chi connectivity index (χ1v) is 7.92. The zero-order valence-corrected chi connectivity index (χ0v) is 13.2. The maximum Gasteiger partial charge on any atom is 0.175 e. The Balaban J connectivity index is 1.98. The van der Waals surface area contributed by atoms with E-state index in [4.69, 9.17) is 10.2 Å². The minimum absolute atomic E-state index is 0.463. The first kappa shape index (κ1) is 13.9. The van der Waals surface area contributed by atoms with Gasteiger partial charge in [0.2, 0.25) is 0 Å². The van der Waals surface area contributed by atoms with Crippen molar-refractivity contribution < 1.29 is 0 Å². The van der Waals surface area contributed by atoms with E-state index in [1.807, 2.05) is 53.2 Å². The second kappa shape index (κ2) is 5.15. The van der Waals surface area contributed by atoms with Gasteiger partial charge in [-0.1, -0.05) is 43.3 Å². The van der Waals surface area contributed by atoms with Crippen LogP contribution in [0.1, 0.15) is 26.7 Å². The van der Waals surface area contributed by atoms with Crippen LogP contribution in [0.2, 0.25) is 0 Å². The summed E-state index contributed by atoms with van der Waals surface area (Å²) in [5.74, 6) is 0. The average molecular weight is 306 g/mol. The van der Waals surface area contributed by atoms with E-state index in [0.717, 1.165) is 34.9 Å². The Bertz CT molecular complexity index is 930. The molecule has 0 aliphatic heterocycles. The van der Waals surface area contributed by atoms with Crippen molar-refractivity contribution in [2.75, 3.05) is 0 Å². The largest absolute Gasteiger partial charge is 0.215 e. The minimum atomic E-state index is -0.463. The quantitative estimate of drug-likeness (QED) is 0.581. The lowest BCUT2D eigenvalue weighted by molar-refractivity contribution is 0.146. The van der Waals surface area contributed by atoms with Crippen LogP contribution in [0.3, 0.4) is 0 Å². The van der Waals surface area contributed by atoms with Gasteiger partial charge in [0.1, 0.15) is 16.6 Å². The molecule has 4 rings (SSSR count). The third-order valence-electron chi connectivity index (χ3n) is 4.54. The summed E-state index contributed by atoms with van der Waals surface area (Å²) in [6.45, 7) is 4.27. The molecule has 6 heteroatoms. The molecule has 0 saturated carbocycles. The number of nitrogens with zero attached hydrogens (tertiary/aromatic N) is 6. The van der Waals surface area contributed by atoms with E-state index < -0.39 is 5.66 Å². The standard InChI is InChI=1S/C17H18N6/c1-3-17(4-2,22-16-12-8-7-11-15(16)18-21-22)23-19-13-9-5-6-10-14(13)20-23/h5-12H,3-4H2,1-2H3. The Kier molecular flexibility index (Phi) is 3.11. The van der Waals surface area contributed by atoms with E-state index in [1.165, 1.54) is 0 Å². The maximum absolute atomic E-state index is 4.71. The van der Waals surface area contributed by atoms with Crippen LogP contribution in [0, 0.1) is 0 Å². The van der Waals surface area contributed by atoms with Crippen molar-refractivity contribution in [1.29, 1.82) is 0 Å². The van der Waals surface area contributed by atoms with E-state index in [9.17, 15) is 0 Å². The molecular formula is C17H18N6. The predicted molar refractivity (Wildman–Crippen MR) is 89.0 cm³/mol. The third kappa shape index (κ3) is 1.94. The van der Waals surface area contributed by atoms with Crippen LogP contribution in [-0.4, -0.2) is 30.0 Å². The van der Waals surface area contributed by atoms with Gasteiger partial charge in [-0.2, -0.15) is 15.0 Å². The number of benzene rings is 2. The molecule has 6 nitrogen and oxygen atoms in total. The van der Waals surface area contributed by atoms with Crippen molar-refractivity contribution in [3.05, 3.63) is 48.5 Å². The van der Waals surface area contributed by atoms with Crippen LogP contribution >= 0.6 is 0 Å². The summed E-state index contributed by atoms with van der Waals surface area (Å²) in [4.78, 5) is 1.80. The van der Waals surface area contributed by atoms with Gasteiger partial charge >= 0.3 is 0 Å². The maximum atomic E-state index is 4.71. The van der Waals surface area contributed by atoms with Crippen molar-refractivity contribution in [3.8, 4) is 0 Å². The summed E-state index contributed by atoms with van der Waals surface area (Å²) in [5.41, 5.74) is 3.20. The smallest absolute Gasteiger partial charge is 0.175 e. The molecule has 0 fully saturated rings. The van der Waals surface area contributed by atoms with E-state index in [2.05, 4.69) is 24.2 Å². The van der Waals surface area contributed by atoms with Crippen molar-refractivity contribution in [1.82, 2.24) is 30.0 Å². The van der Waals surface area contributed by atoms with Gasteiger partial charge in [0, 0.05) is 0 Å². The summed E-state index contributed by atoms with van der Waals surface area (Å²) in [6.07, 6.45) is 1.63. The molecule has 0 aliphatic carbocycles. The number of hydrogen-bond acceptors (Lipinski definition) is 4. The molecule has 0 spiro atoms. The van der Waals surface area contributed by atoms with Crippen LogP contribution in [0.5, 0.6) is 0 Å². The molecule has 2 aromatic carbocycles. The van der Waals surface area contributed by atoms with E-state index >= 15 is 0 Å². The van der Waals surface area contributed by atoms with Crippen LogP contribution in [0.4, 0.5) is 0 Å². The molecule has 0 N–H and O–H groups in total. The lowest BCUT2D eigenvalue weighted by atomic mass is 10.0. The highest BCUT2D eigenvalue weighted by atomic mass is 15.6. The van der Waals surface area contributed by atoms with Gasteiger partial charge in [-0.15, -0.1) is 5.10 Å². The molecule has 0 aliphatic rings. The molecule has 0 amide bonds. The molecular weight excluding hydrogens is 288 g/mol. The second-order valence-corrected chi connectivity index (χ2v) is 5.66. The zero-order chi connectivity index (χ0) is 15.9.